The third-order valence-electron chi connectivity index (χ3n) is 3.06. The van der Waals surface area contributed by atoms with Crippen molar-refractivity contribution in [3.05, 3.63) is 48.2 Å². The molecule has 0 unspecified atom stereocenters. The van der Waals surface area contributed by atoms with Crippen molar-refractivity contribution in [2.45, 2.75) is 19.4 Å². The average Bonchev–Trinajstić information content (AvgIpc) is 2.80. The molecule has 1 amide bonds. The van der Waals surface area contributed by atoms with Crippen LogP contribution in [0, 0.1) is 11.8 Å². The highest BCUT2D eigenvalue weighted by atomic mass is 16.6. The molecule has 0 aliphatic carbocycles. The fraction of sp³-hybridized carbons (Fsp3) is 0.250. The fourth-order valence-electron chi connectivity index (χ4n) is 2.07. The molecule has 0 bridgehead atoms. The van der Waals surface area contributed by atoms with Crippen molar-refractivity contribution in [2.75, 3.05) is 11.4 Å². The van der Waals surface area contributed by atoms with E-state index in [1.165, 1.54) is 11.2 Å². The zero-order valence-electron chi connectivity index (χ0n) is 12.3. The highest BCUT2D eigenvalue weighted by Crippen LogP contribution is 2.25. The smallest absolute Gasteiger partial charge is 0.416 e. The number of hydrogen-bond donors (Lipinski definition) is 0. The molecule has 1 aliphatic rings. The average molecular weight is 294 g/mol. The number of carbonyl (C=O) groups is 1. The molecule has 6 nitrogen and oxygen atoms in total. The largest absolute Gasteiger partial charge is 0.441 e. The Morgan fingerprint density at radius 1 is 1.14 bits per heavy atom. The predicted octanol–water partition coefficient (Wildman–Crippen LogP) is 2.01. The first kappa shape index (κ1) is 14.0. The molecular weight excluding hydrogens is 280 g/mol. The second-order valence-electron chi connectivity index (χ2n) is 5.50. The molecule has 6 heteroatoms. The van der Waals surface area contributed by atoms with Gasteiger partial charge in [-0.05, 0) is 26.0 Å². The van der Waals surface area contributed by atoms with Gasteiger partial charge in [0.1, 0.15) is 17.7 Å². The fourth-order valence-corrected chi connectivity index (χ4v) is 2.07. The van der Waals surface area contributed by atoms with Gasteiger partial charge in [-0.2, -0.15) is 0 Å². The van der Waals surface area contributed by atoms with Gasteiger partial charge in [0.25, 0.3) is 0 Å². The van der Waals surface area contributed by atoms with Crippen LogP contribution in [0.3, 0.4) is 0 Å². The van der Waals surface area contributed by atoms with E-state index in [4.69, 9.17) is 4.74 Å². The number of aromatic nitrogens is 3. The van der Waals surface area contributed by atoms with E-state index in [2.05, 4.69) is 26.8 Å². The van der Waals surface area contributed by atoms with Crippen LogP contribution in [0.15, 0.2) is 37.1 Å². The Hall–Kier alpha value is -2.94. The van der Waals surface area contributed by atoms with Gasteiger partial charge in [-0.1, -0.05) is 11.8 Å². The van der Waals surface area contributed by atoms with Crippen molar-refractivity contribution in [2.24, 2.45) is 0 Å². The minimum Gasteiger partial charge on any atom is -0.441 e. The molecule has 1 fully saturated rings. The second kappa shape index (κ2) is 5.45. The number of anilines is 1. The molecule has 110 valence electrons. The van der Waals surface area contributed by atoms with E-state index < -0.39 is 5.60 Å². The topological polar surface area (TPSA) is 68.2 Å². The number of rotatable bonds is 1. The second-order valence-corrected chi connectivity index (χ2v) is 5.50. The van der Waals surface area contributed by atoms with Crippen LogP contribution in [-0.2, 0) is 4.74 Å². The lowest BCUT2D eigenvalue weighted by molar-refractivity contribution is 0.0871. The Kier molecular flexibility index (Phi) is 3.47. The summed E-state index contributed by atoms with van der Waals surface area (Å²) in [5.41, 5.74) is 0.987. The number of nitrogens with zero attached hydrogens (tertiary/aromatic N) is 4. The van der Waals surface area contributed by atoms with Crippen LogP contribution in [0.5, 0.6) is 0 Å². The van der Waals surface area contributed by atoms with Gasteiger partial charge in [-0.25, -0.2) is 19.7 Å². The van der Waals surface area contributed by atoms with Crippen LogP contribution >= 0.6 is 0 Å². The number of ether oxygens (including phenoxy) is 1. The lowest BCUT2D eigenvalue weighted by Gasteiger charge is -2.14. The summed E-state index contributed by atoms with van der Waals surface area (Å²) >= 11 is 0. The lowest BCUT2D eigenvalue weighted by Crippen LogP contribution is -2.28. The number of amides is 1. The predicted molar refractivity (Wildman–Crippen MR) is 80.2 cm³/mol. The Labute approximate surface area is 128 Å². The van der Waals surface area contributed by atoms with Gasteiger partial charge < -0.3 is 4.74 Å². The number of cyclic esters (lactones) is 1. The molecule has 3 heterocycles. The van der Waals surface area contributed by atoms with E-state index in [9.17, 15) is 4.79 Å². The molecule has 0 atom stereocenters. The Balaban J connectivity index is 1.77. The van der Waals surface area contributed by atoms with Gasteiger partial charge in [-0.15, -0.1) is 0 Å². The quantitative estimate of drug-likeness (QED) is 0.753. The monoisotopic (exact) mass is 294 g/mol. The summed E-state index contributed by atoms with van der Waals surface area (Å²) in [6.45, 7) is 4.21. The lowest BCUT2D eigenvalue weighted by atomic mass is 10.1. The summed E-state index contributed by atoms with van der Waals surface area (Å²) in [5, 5.41) is 0. The van der Waals surface area contributed by atoms with Gasteiger partial charge >= 0.3 is 6.09 Å². The van der Waals surface area contributed by atoms with Crippen LogP contribution in [0.2, 0.25) is 0 Å². The molecule has 1 saturated heterocycles. The summed E-state index contributed by atoms with van der Waals surface area (Å²) in [4.78, 5) is 25.4. The number of carbonyl (C=O) groups excluding carboxylic acids is 1. The molecule has 0 aromatic carbocycles. The molecule has 2 aromatic rings. The van der Waals surface area contributed by atoms with E-state index in [0.717, 1.165) is 11.1 Å². The van der Waals surface area contributed by atoms with Gasteiger partial charge in [0.15, 0.2) is 0 Å². The van der Waals surface area contributed by atoms with Gasteiger partial charge in [0.2, 0.25) is 0 Å². The van der Waals surface area contributed by atoms with E-state index >= 15 is 0 Å². The highest BCUT2D eigenvalue weighted by Gasteiger charge is 2.38. The normalized spacial score (nSPS) is 15.9. The minimum atomic E-state index is -0.495. The van der Waals surface area contributed by atoms with Crippen molar-refractivity contribution in [1.29, 1.82) is 0 Å². The molecule has 1 aliphatic heterocycles. The molecule has 0 N–H and O–H groups in total. The van der Waals surface area contributed by atoms with E-state index in [1.54, 1.807) is 24.7 Å². The van der Waals surface area contributed by atoms with Crippen LogP contribution < -0.4 is 4.90 Å². The maximum absolute atomic E-state index is 11.8. The van der Waals surface area contributed by atoms with Crippen molar-refractivity contribution < 1.29 is 9.53 Å². The zero-order chi connectivity index (χ0) is 15.6. The third kappa shape index (κ3) is 3.04. The van der Waals surface area contributed by atoms with Gasteiger partial charge in [0, 0.05) is 24.2 Å². The number of pyridine rings is 1. The molecule has 0 radical (unpaired) electrons. The first-order valence-electron chi connectivity index (χ1n) is 6.77. The maximum Gasteiger partial charge on any atom is 0.416 e. The van der Waals surface area contributed by atoms with E-state index in [1.807, 2.05) is 19.9 Å². The Morgan fingerprint density at radius 3 is 2.45 bits per heavy atom. The van der Waals surface area contributed by atoms with Crippen LogP contribution in [0.25, 0.3) is 0 Å². The van der Waals surface area contributed by atoms with Crippen molar-refractivity contribution in [3.8, 4) is 11.8 Å². The Bertz CT molecular complexity index is 745. The molecule has 0 spiro atoms. The first-order chi connectivity index (χ1) is 10.5. The van der Waals surface area contributed by atoms with Crippen LogP contribution in [-0.4, -0.2) is 33.2 Å². The molecule has 2 aromatic heterocycles. The molecule has 22 heavy (non-hydrogen) atoms. The van der Waals surface area contributed by atoms with E-state index in [-0.39, 0.29) is 6.09 Å². The van der Waals surface area contributed by atoms with Crippen molar-refractivity contribution in [3.63, 3.8) is 0 Å². The van der Waals surface area contributed by atoms with Gasteiger partial charge in [-0.3, -0.25) is 4.90 Å². The third-order valence-corrected chi connectivity index (χ3v) is 3.06. The van der Waals surface area contributed by atoms with E-state index in [0.29, 0.717) is 12.4 Å². The van der Waals surface area contributed by atoms with Gasteiger partial charge in [0.05, 0.1) is 12.1 Å². The molecule has 3 rings (SSSR count). The molecular formula is C16H14N4O2. The zero-order valence-corrected chi connectivity index (χ0v) is 12.3. The van der Waals surface area contributed by atoms with Crippen molar-refractivity contribution in [1.82, 2.24) is 15.0 Å². The van der Waals surface area contributed by atoms with Crippen LogP contribution in [0.4, 0.5) is 10.6 Å². The van der Waals surface area contributed by atoms with Crippen molar-refractivity contribution >= 4 is 11.9 Å². The standard InChI is InChI=1S/C16H14N4O2/c1-16(2)10-20(15(21)22-16)14-6-5-12(9-19-14)3-4-13-7-17-11-18-8-13/h5-9,11H,10H2,1-2H3. The van der Waals surface area contributed by atoms with Crippen LogP contribution in [0.1, 0.15) is 25.0 Å². The minimum absolute atomic E-state index is 0.377. The maximum atomic E-state index is 11.8. The summed E-state index contributed by atoms with van der Waals surface area (Å²) < 4.78 is 5.26. The summed E-state index contributed by atoms with van der Waals surface area (Å²) in [7, 11) is 0. The molecule has 0 saturated carbocycles. The SMILES string of the molecule is CC1(C)CN(c2ccc(C#Cc3cncnc3)cn2)C(=O)O1. The summed E-state index contributed by atoms with van der Waals surface area (Å²) in [6.07, 6.45) is 6.00. The number of hydrogen-bond acceptors (Lipinski definition) is 5. The summed E-state index contributed by atoms with van der Waals surface area (Å²) in [5.74, 6) is 6.49. The highest BCUT2D eigenvalue weighted by molar-refractivity contribution is 5.89. The first-order valence-corrected chi connectivity index (χ1v) is 6.77. The Morgan fingerprint density at radius 2 is 1.86 bits per heavy atom. The summed E-state index contributed by atoms with van der Waals surface area (Å²) in [6, 6.07) is 3.58.